The smallest absolute Gasteiger partial charge is 0.227 e. The number of anilines is 1. The van der Waals surface area contributed by atoms with Crippen molar-refractivity contribution in [2.45, 2.75) is 13.0 Å². The van der Waals surface area contributed by atoms with Crippen molar-refractivity contribution >= 4 is 17.5 Å². The van der Waals surface area contributed by atoms with Gasteiger partial charge in [0.05, 0.1) is 13.0 Å². The van der Waals surface area contributed by atoms with Crippen LogP contribution in [0.1, 0.15) is 12.0 Å². The van der Waals surface area contributed by atoms with Crippen LogP contribution in [-0.4, -0.2) is 25.5 Å². The van der Waals surface area contributed by atoms with E-state index in [9.17, 15) is 14.0 Å². The second kappa shape index (κ2) is 7.34. The highest BCUT2D eigenvalue weighted by Gasteiger charge is 2.34. The maximum Gasteiger partial charge on any atom is 0.227 e. The monoisotopic (exact) mass is 342 g/mol. The van der Waals surface area contributed by atoms with Crippen molar-refractivity contribution in [2.24, 2.45) is 5.92 Å². The number of methoxy groups -OCH3 is 1. The van der Waals surface area contributed by atoms with Crippen LogP contribution >= 0.6 is 0 Å². The van der Waals surface area contributed by atoms with E-state index in [1.165, 1.54) is 12.1 Å². The molecule has 1 aliphatic heterocycles. The number of ether oxygens (including phenoxy) is 1. The summed E-state index contributed by atoms with van der Waals surface area (Å²) >= 11 is 0. The summed E-state index contributed by atoms with van der Waals surface area (Å²) in [6.45, 7) is 0.659. The molecule has 130 valence electrons. The minimum atomic E-state index is -0.393. The normalized spacial score (nSPS) is 16.8. The number of nitrogens with one attached hydrogen (secondary N) is 1. The van der Waals surface area contributed by atoms with Crippen LogP contribution < -0.4 is 15.0 Å². The van der Waals surface area contributed by atoms with E-state index in [0.29, 0.717) is 18.8 Å². The van der Waals surface area contributed by atoms with Gasteiger partial charge in [-0.25, -0.2) is 4.39 Å². The molecule has 0 bridgehead atoms. The minimum absolute atomic E-state index is 0.0768. The SMILES string of the molecule is COc1ccc(N2C[C@H](C(=O)NCc3ccc(F)cc3)CC2=O)cc1. The highest BCUT2D eigenvalue weighted by molar-refractivity contribution is 6.00. The standard InChI is InChI=1S/C19H19FN2O3/c1-25-17-8-6-16(7-9-17)22-12-14(10-18(22)23)19(24)21-11-13-2-4-15(20)5-3-13/h2-9,14H,10-12H2,1H3,(H,21,24)/t14-/m1/s1. The Morgan fingerprint density at radius 3 is 2.52 bits per heavy atom. The Kier molecular flexibility index (Phi) is 4.97. The Morgan fingerprint density at radius 2 is 1.88 bits per heavy atom. The first-order valence-electron chi connectivity index (χ1n) is 8.03. The molecular formula is C19H19FN2O3. The second-order valence-electron chi connectivity index (χ2n) is 5.95. The molecule has 0 saturated carbocycles. The van der Waals surface area contributed by atoms with Crippen molar-refractivity contribution in [2.75, 3.05) is 18.6 Å². The Hall–Kier alpha value is -2.89. The lowest BCUT2D eigenvalue weighted by atomic mass is 10.1. The van der Waals surface area contributed by atoms with Gasteiger partial charge >= 0.3 is 0 Å². The lowest BCUT2D eigenvalue weighted by Crippen LogP contribution is -2.32. The second-order valence-corrected chi connectivity index (χ2v) is 5.95. The molecule has 2 amide bonds. The largest absolute Gasteiger partial charge is 0.497 e. The molecule has 2 aromatic rings. The van der Waals surface area contributed by atoms with Gasteiger partial charge in [0, 0.05) is 25.2 Å². The first kappa shape index (κ1) is 17.0. The minimum Gasteiger partial charge on any atom is -0.497 e. The van der Waals surface area contributed by atoms with Gasteiger partial charge in [-0.3, -0.25) is 9.59 Å². The van der Waals surface area contributed by atoms with Gasteiger partial charge in [-0.1, -0.05) is 12.1 Å². The van der Waals surface area contributed by atoms with Crippen molar-refractivity contribution < 1.29 is 18.7 Å². The molecular weight excluding hydrogens is 323 g/mol. The topological polar surface area (TPSA) is 58.6 Å². The number of carbonyl (C=O) groups is 2. The molecule has 2 aromatic carbocycles. The van der Waals surface area contributed by atoms with E-state index in [1.54, 1.807) is 48.4 Å². The number of hydrogen-bond donors (Lipinski definition) is 1. The van der Waals surface area contributed by atoms with Crippen LogP contribution in [0.5, 0.6) is 5.75 Å². The average molecular weight is 342 g/mol. The van der Waals surface area contributed by atoms with Gasteiger partial charge in [0.15, 0.2) is 0 Å². The van der Waals surface area contributed by atoms with Crippen LogP contribution in [0.4, 0.5) is 10.1 Å². The van der Waals surface area contributed by atoms with Crippen LogP contribution in [0.3, 0.4) is 0 Å². The zero-order valence-corrected chi connectivity index (χ0v) is 13.9. The third-order valence-corrected chi connectivity index (χ3v) is 4.26. The summed E-state index contributed by atoms with van der Waals surface area (Å²) in [5, 5.41) is 2.81. The van der Waals surface area contributed by atoms with Crippen molar-refractivity contribution in [3.05, 3.63) is 59.9 Å². The molecule has 1 fully saturated rings. The van der Waals surface area contributed by atoms with Gasteiger partial charge in [-0.15, -0.1) is 0 Å². The average Bonchev–Trinajstić information content (AvgIpc) is 3.03. The lowest BCUT2D eigenvalue weighted by molar-refractivity contribution is -0.126. The number of hydrogen-bond acceptors (Lipinski definition) is 3. The fourth-order valence-corrected chi connectivity index (χ4v) is 2.83. The van der Waals surface area contributed by atoms with Crippen LogP contribution in [0.15, 0.2) is 48.5 Å². The van der Waals surface area contributed by atoms with E-state index in [0.717, 1.165) is 11.3 Å². The van der Waals surface area contributed by atoms with E-state index in [1.807, 2.05) is 0 Å². The van der Waals surface area contributed by atoms with Gasteiger partial charge in [-0.2, -0.15) is 0 Å². The van der Waals surface area contributed by atoms with Gasteiger partial charge in [0.2, 0.25) is 11.8 Å². The number of amides is 2. The van der Waals surface area contributed by atoms with Gasteiger partial charge < -0.3 is 15.0 Å². The number of rotatable bonds is 5. The predicted octanol–water partition coefficient (Wildman–Crippen LogP) is 2.50. The molecule has 1 aliphatic rings. The zero-order chi connectivity index (χ0) is 17.8. The molecule has 0 radical (unpaired) electrons. The summed E-state index contributed by atoms with van der Waals surface area (Å²) < 4.78 is 18.0. The third kappa shape index (κ3) is 3.96. The molecule has 0 aliphatic carbocycles. The van der Waals surface area contributed by atoms with Crippen LogP contribution in [0.2, 0.25) is 0 Å². The molecule has 1 N–H and O–H groups in total. The quantitative estimate of drug-likeness (QED) is 0.908. The number of nitrogens with zero attached hydrogens (tertiary/aromatic N) is 1. The fraction of sp³-hybridized carbons (Fsp3) is 0.263. The first-order chi connectivity index (χ1) is 12.1. The Morgan fingerprint density at radius 1 is 1.20 bits per heavy atom. The highest BCUT2D eigenvalue weighted by Crippen LogP contribution is 2.27. The van der Waals surface area contributed by atoms with E-state index < -0.39 is 5.92 Å². The Labute approximate surface area is 145 Å². The molecule has 0 aromatic heterocycles. The van der Waals surface area contributed by atoms with Crippen molar-refractivity contribution in [1.82, 2.24) is 5.32 Å². The molecule has 1 atom stereocenters. The molecule has 5 nitrogen and oxygen atoms in total. The van der Waals surface area contributed by atoms with Gasteiger partial charge in [-0.05, 0) is 42.0 Å². The molecule has 0 spiro atoms. The van der Waals surface area contributed by atoms with Crippen LogP contribution in [0.25, 0.3) is 0 Å². The summed E-state index contributed by atoms with van der Waals surface area (Å²) in [6.07, 6.45) is 0.182. The van der Waals surface area contributed by atoms with E-state index >= 15 is 0 Å². The van der Waals surface area contributed by atoms with Crippen molar-refractivity contribution in [3.8, 4) is 5.75 Å². The highest BCUT2D eigenvalue weighted by atomic mass is 19.1. The molecule has 1 saturated heterocycles. The number of halogens is 1. The van der Waals surface area contributed by atoms with Gasteiger partial charge in [0.1, 0.15) is 11.6 Å². The predicted molar refractivity (Wildman–Crippen MR) is 91.7 cm³/mol. The maximum absolute atomic E-state index is 12.9. The summed E-state index contributed by atoms with van der Waals surface area (Å²) in [4.78, 5) is 26.2. The van der Waals surface area contributed by atoms with Crippen molar-refractivity contribution in [1.29, 1.82) is 0 Å². The molecule has 6 heteroatoms. The van der Waals surface area contributed by atoms with Gasteiger partial charge in [0.25, 0.3) is 0 Å². The Bertz CT molecular complexity index is 759. The molecule has 1 heterocycles. The molecule has 3 rings (SSSR count). The summed E-state index contributed by atoms with van der Waals surface area (Å²) in [5.41, 5.74) is 1.56. The van der Waals surface area contributed by atoms with E-state index in [2.05, 4.69) is 5.32 Å². The zero-order valence-electron chi connectivity index (χ0n) is 13.9. The van der Waals surface area contributed by atoms with Crippen LogP contribution in [-0.2, 0) is 16.1 Å². The molecule has 0 unspecified atom stereocenters. The summed E-state index contributed by atoms with van der Waals surface area (Å²) in [7, 11) is 1.58. The van der Waals surface area contributed by atoms with Crippen LogP contribution in [0, 0.1) is 11.7 Å². The van der Waals surface area contributed by atoms with Crippen molar-refractivity contribution in [3.63, 3.8) is 0 Å². The summed E-state index contributed by atoms with van der Waals surface area (Å²) in [5.74, 6) is -0.244. The maximum atomic E-state index is 12.9. The van der Waals surface area contributed by atoms with E-state index in [4.69, 9.17) is 4.74 Å². The summed E-state index contributed by atoms with van der Waals surface area (Å²) in [6, 6.07) is 13.1. The molecule has 25 heavy (non-hydrogen) atoms. The third-order valence-electron chi connectivity index (χ3n) is 4.26. The lowest BCUT2D eigenvalue weighted by Gasteiger charge is -2.17. The number of benzene rings is 2. The first-order valence-corrected chi connectivity index (χ1v) is 8.03. The van der Waals surface area contributed by atoms with E-state index in [-0.39, 0.29) is 24.1 Å². The fourth-order valence-electron chi connectivity index (χ4n) is 2.83. The Balaban J connectivity index is 1.59. The number of carbonyl (C=O) groups excluding carboxylic acids is 2.